The van der Waals surface area contributed by atoms with Gasteiger partial charge >= 0.3 is 0 Å². The zero-order valence-corrected chi connectivity index (χ0v) is 16.9. The standard InChI is InChI=1S/C20H24N4O3S/c1-15-5-3-4-6-16(15)14-22-9-11-23(12-10-22)20(28)21-18-8-7-17(24(25)26)13-19(18)27-2/h3-8,13H,9-12,14H2,1-2H3,(H,21,28). The lowest BCUT2D eigenvalue weighted by Gasteiger charge is -2.36. The van der Waals surface area contributed by atoms with E-state index in [0.717, 1.165) is 32.7 Å². The molecule has 0 spiro atoms. The van der Waals surface area contributed by atoms with Crippen LogP contribution in [-0.4, -0.2) is 53.1 Å². The first-order chi connectivity index (χ1) is 13.5. The number of hydrogen-bond donors (Lipinski definition) is 1. The zero-order chi connectivity index (χ0) is 20.1. The molecule has 1 fully saturated rings. The van der Waals surface area contributed by atoms with Crippen molar-refractivity contribution in [3.8, 4) is 5.75 Å². The summed E-state index contributed by atoms with van der Waals surface area (Å²) in [7, 11) is 1.48. The molecular formula is C20H24N4O3S. The van der Waals surface area contributed by atoms with Crippen LogP contribution in [0, 0.1) is 17.0 Å². The summed E-state index contributed by atoms with van der Waals surface area (Å²) in [4.78, 5) is 15.0. The Morgan fingerprint density at radius 1 is 1.21 bits per heavy atom. The van der Waals surface area contributed by atoms with Crippen molar-refractivity contribution >= 4 is 28.7 Å². The third-order valence-corrected chi connectivity index (χ3v) is 5.31. The lowest BCUT2D eigenvalue weighted by Crippen LogP contribution is -2.49. The van der Waals surface area contributed by atoms with E-state index < -0.39 is 4.92 Å². The molecule has 0 amide bonds. The Bertz CT molecular complexity index is 866. The van der Waals surface area contributed by atoms with Gasteiger partial charge in [-0.25, -0.2) is 0 Å². The van der Waals surface area contributed by atoms with Crippen LogP contribution in [0.2, 0.25) is 0 Å². The minimum Gasteiger partial charge on any atom is -0.494 e. The summed E-state index contributed by atoms with van der Waals surface area (Å²) in [5.41, 5.74) is 3.28. The van der Waals surface area contributed by atoms with Gasteiger partial charge in [-0.15, -0.1) is 0 Å². The Hall–Kier alpha value is -2.71. The van der Waals surface area contributed by atoms with Crippen LogP contribution in [0.1, 0.15) is 11.1 Å². The maximum atomic E-state index is 10.9. The molecule has 1 N–H and O–H groups in total. The molecule has 0 bridgehead atoms. The Kier molecular flexibility index (Phi) is 6.43. The van der Waals surface area contributed by atoms with Crippen LogP contribution in [0.5, 0.6) is 5.75 Å². The van der Waals surface area contributed by atoms with E-state index in [-0.39, 0.29) is 5.69 Å². The lowest BCUT2D eigenvalue weighted by atomic mass is 10.1. The van der Waals surface area contributed by atoms with Gasteiger partial charge in [0.25, 0.3) is 5.69 Å². The molecule has 1 aliphatic rings. The van der Waals surface area contributed by atoms with Crippen LogP contribution in [0.25, 0.3) is 0 Å². The molecule has 0 radical (unpaired) electrons. The van der Waals surface area contributed by atoms with E-state index in [1.54, 1.807) is 6.07 Å². The molecule has 0 saturated carbocycles. The number of benzene rings is 2. The van der Waals surface area contributed by atoms with E-state index >= 15 is 0 Å². The molecule has 1 heterocycles. The SMILES string of the molecule is COc1cc([N+](=O)[O-])ccc1NC(=S)N1CCN(Cc2ccccc2C)CC1. The van der Waals surface area contributed by atoms with Crippen LogP contribution < -0.4 is 10.1 Å². The van der Waals surface area contributed by atoms with Crippen LogP contribution in [0.3, 0.4) is 0 Å². The second kappa shape index (κ2) is 8.99. The lowest BCUT2D eigenvalue weighted by molar-refractivity contribution is -0.384. The molecule has 1 saturated heterocycles. The zero-order valence-electron chi connectivity index (χ0n) is 16.1. The third kappa shape index (κ3) is 4.76. The van der Waals surface area contributed by atoms with E-state index in [2.05, 4.69) is 46.3 Å². The summed E-state index contributed by atoms with van der Waals surface area (Å²) in [6.45, 7) is 6.58. The van der Waals surface area contributed by atoms with Crippen molar-refractivity contribution in [2.45, 2.75) is 13.5 Å². The summed E-state index contributed by atoms with van der Waals surface area (Å²) in [6.07, 6.45) is 0. The van der Waals surface area contributed by atoms with Gasteiger partial charge in [-0.1, -0.05) is 24.3 Å². The molecule has 148 valence electrons. The van der Waals surface area contributed by atoms with E-state index in [1.807, 2.05) is 0 Å². The highest BCUT2D eigenvalue weighted by molar-refractivity contribution is 7.80. The smallest absolute Gasteiger partial charge is 0.273 e. The van der Waals surface area contributed by atoms with E-state index in [0.29, 0.717) is 16.5 Å². The second-order valence-electron chi connectivity index (χ2n) is 6.76. The highest BCUT2D eigenvalue weighted by atomic mass is 32.1. The molecule has 2 aromatic rings. The Balaban J connectivity index is 1.57. The molecule has 0 unspecified atom stereocenters. The fourth-order valence-electron chi connectivity index (χ4n) is 3.23. The summed E-state index contributed by atoms with van der Waals surface area (Å²) >= 11 is 5.54. The number of rotatable bonds is 5. The number of ether oxygens (including phenoxy) is 1. The first-order valence-corrected chi connectivity index (χ1v) is 9.54. The van der Waals surface area contributed by atoms with Crippen molar-refractivity contribution in [1.29, 1.82) is 0 Å². The van der Waals surface area contributed by atoms with E-state index in [1.165, 1.54) is 30.4 Å². The number of hydrogen-bond acceptors (Lipinski definition) is 5. The Labute approximate surface area is 170 Å². The number of non-ortho nitro benzene ring substituents is 1. The van der Waals surface area contributed by atoms with Crippen LogP contribution in [0.4, 0.5) is 11.4 Å². The van der Waals surface area contributed by atoms with Crippen LogP contribution >= 0.6 is 12.2 Å². The van der Waals surface area contributed by atoms with Gasteiger partial charge in [0.2, 0.25) is 0 Å². The third-order valence-electron chi connectivity index (χ3n) is 4.95. The topological polar surface area (TPSA) is 70.9 Å². The van der Waals surface area contributed by atoms with Crippen molar-refractivity contribution in [2.24, 2.45) is 0 Å². The summed E-state index contributed by atoms with van der Waals surface area (Å²) in [5.74, 6) is 0.398. The highest BCUT2D eigenvalue weighted by Gasteiger charge is 2.20. The van der Waals surface area contributed by atoms with E-state index in [9.17, 15) is 10.1 Å². The minimum absolute atomic E-state index is 0.0156. The number of nitro benzene ring substituents is 1. The maximum absolute atomic E-state index is 10.9. The monoisotopic (exact) mass is 400 g/mol. The first kappa shape index (κ1) is 20.0. The van der Waals surface area contributed by atoms with Crippen LogP contribution in [0.15, 0.2) is 42.5 Å². The van der Waals surface area contributed by atoms with E-state index in [4.69, 9.17) is 17.0 Å². The van der Waals surface area contributed by atoms with Crippen molar-refractivity contribution in [3.05, 3.63) is 63.7 Å². The summed E-state index contributed by atoms with van der Waals surface area (Å²) < 4.78 is 5.27. The normalized spacial score (nSPS) is 14.6. The number of aryl methyl sites for hydroxylation is 1. The highest BCUT2D eigenvalue weighted by Crippen LogP contribution is 2.29. The molecule has 0 atom stereocenters. The number of methoxy groups -OCH3 is 1. The number of nitrogens with zero attached hydrogens (tertiary/aromatic N) is 3. The molecule has 3 rings (SSSR count). The van der Waals surface area contributed by atoms with Gasteiger partial charge in [0, 0.05) is 38.8 Å². The van der Waals surface area contributed by atoms with Crippen LogP contribution in [-0.2, 0) is 6.54 Å². The van der Waals surface area contributed by atoms with Gasteiger partial charge in [0.15, 0.2) is 5.11 Å². The largest absolute Gasteiger partial charge is 0.494 e. The van der Waals surface area contributed by atoms with Crippen molar-refractivity contribution in [1.82, 2.24) is 9.80 Å². The molecule has 8 heteroatoms. The molecule has 0 aliphatic carbocycles. The van der Waals surface area contributed by atoms with Crippen molar-refractivity contribution in [2.75, 3.05) is 38.6 Å². The Morgan fingerprint density at radius 3 is 2.57 bits per heavy atom. The quantitative estimate of drug-likeness (QED) is 0.468. The van der Waals surface area contributed by atoms with Crippen molar-refractivity contribution < 1.29 is 9.66 Å². The summed E-state index contributed by atoms with van der Waals surface area (Å²) in [5, 5.41) is 14.7. The fraction of sp³-hybridized carbons (Fsp3) is 0.350. The maximum Gasteiger partial charge on any atom is 0.273 e. The molecule has 0 aromatic heterocycles. The number of nitrogens with one attached hydrogen (secondary N) is 1. The van der Waals surface area contributed by atoms with Gasteiger partial charge < -0.3 is 15.0 Å². The van der Waals surface area contributed by atoms with Gasteiger partial charge in [-0.2, -0.15) is 0 Å². The molecule has 28 heavy (non-hydrogen) atoms. The second-order valence-corrected chi connectivity index (χ2v) is 7.15. The number of thiocarbonyl (C=S) groups is 1. The van der Waals surface area contributed by atoms with Gasteiger partial charge in [-0.05, 0) is 36.3 Å². The molecule has 2 aromatic carbocycles. The molecule has 7 nitrogen and oxygen atoms in total. The predicted octanol–water partition coefficient (Wildman–Crippen LogP) is 3.43. The average Bonchev–Trinajstić information content (AvgIpc) is 2.70. The number of nitro groups is 1. The number of anilines is 1. The minimum atomic E-state index is -0.446. The number of piperazine rings is 1. The molecular weight excluding hydrogens is 376 g/mol. The van der Waals surface area contributed by atoms with Gasteiger partial charge in [-0.3, -0.25) is 15.0 Å². The van der Waals surface area contributed by atoms with Gasteiger partial charge in [0.1, 0.15) is 5.75 Å². The summed E-state index contributed by atoms with van der Waals surface area (Å²) in [6, 6.07) is 12.9. The first-order valence-electron chi connectivity index (χ1n) is 9.13. The molecule has 1 aliphatic heterocycles. The Morgan fingerprint density at radius 2 is 1.93 bits per heavy atom. The average molecular weight is 401 g/mol. The fourth-order valence-corrected chi connectivity index (χ4v) is 3.52. The van der Waals surface area contributed by atoms with Crippen molar-refractivity contribution in [3.63, 3.8) is 0 Å². The van der Waals surface area contributed by atoms with Gasteiger partial charge in [0.05, 0.1) is 23.8 Å². The predicted molar refractivity (Wildman–Crippen MR) is 114 cm³/mol.